The van der Waals surface area contributed by atoms with E-state index >= 15 is 0 Å². The van der Waals surface area contributed by atoms with E-state index in [9.17, 15) is 0 Å². The van der Waals surface area contributed by atoms with Gasteiger partial charge in [-0.15, -0.1) is 0 Å². The van der Waals surface area contributed by atoms with Crippen molar-refractivity contribution in [3.05, 3.63) is 69.2 Å². The van der Waals surface area contributed by atoms with Crippen molar-refractivity contribution in [1.29, 1.82) is 0 Å². The first-order valence-electron chi connectivity index (χ1n) is 6.85. The van der Waals surface area contributed by atoms with Crippen LogP contribution in [0.25, 0.3) is 0 Å². The van der Waals surface area contributed by atoms with Gasteiger partial charge in [-0.05, 0) is 47.2 Å². The first-order chi connectivity index (χ1) is 9.52. The molecule has 0 radical (unpaired) electrons. The minimum atomic E-state index is 0.0179. The highest BCUT2D eigenvalue weighted by molar-refractivity contribution is 9.10. The fourth-order valence-electron chi connectivity index (χ4n) is 2.40. The molecule has 0 saturated heterocycles. The molecule has 3 N–H and O–H groups in total. The van der Waals surface area contributed by atoms with Crippen molar-refractivity contribution in [2.45, 2.75) is 32.7 Å². The monoisotopic (exact) mass is 332 g/mol. The molecule has 2 rings (SSSR count). The highest BCUT2D eigenvalue weighted by Crippen LogP contribution is 2.27. The number of benzene rings is 2. The summed E-state index contributed by atoms with van der Waals surface area (Å²) in [6, 6.07) is 15.0. The first-order valence-corrected chi connectivity index (χ1v) is 7.64. The molecule has 106 valence electrons. The molecule has 2 aromatic carbocycles. The Morgan fingerprint density at radius 3 is 2.10 bits per heavy atom. The van der Waals surface area contributed by atoms with E-state index in [-0.39, 0.29) is 6.04 Å². The quantitative estimate of drug-likeness (QED) is 0.641. The molecule has 2 aromatic rings. The third kappa shape index (κ3) is 3.29. The molecule has 0 heterocycles. The van der Waals surface area contributed by atoms with Crippen molar-refractivity contribution < 1.29 is 0 Å². The van der Waals surface area contributed by atoms with Gasteiger partial charge in [-0.25, -0.2) is 5.43 Å². The van der Waals surface area contributed by atoms with Crippen LogP contribution in [0.4, 0.5) is 0 Å². The minimum Gasteiger partial charge on any atom is -0.271 e. The number of hydrazine groups is 1. The predicted molar refractivity (Wildman–Crippen MR) is 88.6 cm³/mol. The van der Waals surface area contributed by atoms with Crippen LogP contribution in [0.15, 0.2) is 46.9 Å². The van der Waals surface area contributed by atoms with Crippen LogP contribution in [0.2, 0.25) is 0 Å². The zero-order valence-corrected chi connectivity index (χ0v) is 13.7. The SMILES string of the molecule is Cc1cc(Br)ccc1C(NN)c1ccc(C(C)C)cc1. The molecule has 20 heavy (non-hydrogen) atoms. The maximum atomic E-state index is 5.78. The van der Waals surface area contributed by atoms with Gasteiger partial charge in [-0.3, -0.25) is 5.84 Å². The largest absolute Gasteiger partial charge is 0.271 e. The number of nitrogens with one attached hydrogen (secondary N) is 1. The van der Waals surface area contributed by atoms with E-state index in [4.69, 9.17) is 5.84 Å². The Balaban J connectivity index is 2.36. The Morgan fingerprint density at radius 1 is 1.00 bits per heavy atom. The van der Waals surface area contributed by atoms with Crippen molar-refractivity contribution in [3.63, 3.8) is 0 Å². The van der Waals surface area contributed by atoms with Crippen molar-refractivity contribution in [2.24, 2.45) is 5.84 Å². The fraction of sp³-hybridized carbons (Fsp3) is 0.294. The van der Waals surface area contributed by atoms with Gasteiger partial charge in [0.25, 0.3) is 0 Å². The van der Waals surface area contributed by atoms with E-state index in [2.05, 4.69) is 84.6 Å². The van der Waals surface area contributed by atoms with Gasteiger partial charge in [0.1, 0.15) is 0 Å². The van der Waals surface area contributed by atoms with E-state index < -0.39 is 0 Å². The number of halogens is 1. The summed E-state index contributed by atoms with van der Waals surface area (Å²) in [4.78, 5) is 0. The van der Waals surface area contributed by atoms with Gasteiger partial charge in [-0.2, -0.15) is 0 Å². The van der Waals surface area contributed by atoms with Crippen molar-refractivity contribution in [1.82, 2.24) is 5.43 Å². The van der Waals surface area contributed by atoms with Gasteiger partial charge in [0.15, 0.2) is 0 Å². The molecule has 3 heteroatoms. The number of hydrogen-bond donors (Lipinski definition) is 2. The third-order valence-electron chi connectivity index (χ3n) is 3.65. The van der Waals surface area contributed by atoms with E-state index in [1.54, 1.807) is 0 Å². The van der Waals surface area contributed by atoms with Crippen LogP contribution >= 0.6 is 15.9 Å². The Morgan fingerprint density at radius 2 is 1.60 bits per heavy atom. The first kappa shape index (κ1) is 15.2. The van der Waals surface area contributed by atoms with E-state index in [0.29, 0.717) is 5.92 Å². The summed E-state index contributed by atoms with van der Waals surface area (Å²) in [6.07, 6.45) is 0. The second kappa shape index (κ2) is 6.53. The summed E-state index contributed by atoms with van der Waals surface area (Å²) in [5.74, 6) is 6.32. The van der Waals surface area contributed by atoms with Crippen LogP contribution in [-0.2, 0) is 0 Å². The van der Waals surface area contributed by atoms with Crippen LogP contribution in [-0.4, -0.2) is 0 Å². The van der Waals surface area contributed by atoms with Gasteiger partial charge in [0, 0.05) is 4.47 Å². The molecule has 0 spiro atoms. The lowest BCUT2D eigenvalue weighted by atomic mass is 9.93. The third-order valence-corrected chi connectivity index (χ3v) is 4.14. The van der Waals surface area contributed by atoms with E-state index in [0.717, 1.165) is 4.47 Å². The number of nitrogens with two attached hydrogens (primary N) is 1. The van der Waals surface area contributed by atoms with Crippen LogP contribution in [0.5, 0.6) is 0 Å². The Labute approximate surface area is 129 Å². The van der Waals surface area contributed by atoms with Gasteiger partial charge in [0.05, 0.1) is 6.04 Å². The molecule has 1 atom stereocenters. The summed E-state index contributed by atoms with van der Waals surface area (Å²) in [5.41, 5.74) is 7.88. The number of aryl methyl sites for hydroxylation is 1. The Hall–Kier alpha value is -1.16. The standard InChI is InChI=1S/C17H21BrN2/c1-11(2)13-4-6-14(7-5-13)17(20-19)16-9-8-15(18)10-12(16)3/h4-11,17,20H,19H2,1-3H3. The lowest BCUT2D eigenvalue weighted by molar-refractivity contribution is 0.633. The van der Waals surface area contributed by atoms with Crippen LogP contribution in [0.3, 0.4) is 0 Å². The normalized spacial score (nSPS) is 12.7. The van der Waals surface area contributed by atoms with Crippen LogP contribution < -0.4 is 11.3 Å². The van der Waals surface area contributed by atoms with Gasteiger partial charge in [0.2, 0.25) is 0 Å². The molecule has 0 aromatic heterocycles. The maximum absolute atomic E-state index is 5.78. The molecular weight excluding hydrogens is 312 g/mol. The summed E-state index contributed by atoms with van der Waals surface area (Å²) in [5, 5.41) is 0. The predicted octanol–water partition coefficient (Wildman–Crippen LogP) is 4.43. The Kier molecular flexibility index (Phi) is 4.97. The molecule has 0 aliphatic rings. The van der Waals surface area contributed by atoms with E-state index in [1.165, 1.54) is 22.3 Å². The van der Waals surface area contributed by atoms with Gasteiger partial charge >= 0.3 is 0 Å². The summed E-state index contributed by atoms with van der Waals surface area (Å²) >= 11 is 3.50. The second-order valence-electron chi connectivity index (χ2n) is 5.42. The average molecular weight is 333 g/mol. The topological polar surface area (TPSA) is 38.0 Å². The second-order valence-corrected chi connectivity index (χ2v) is 6.34. The summed E-state index contributed by atoms with van der Waals surface area (Å²) in [6.45, 7) is 6.51. The lowest BCUT2D eigenvalue weighted by Crippen LogP contribution is -2.29. The zero-order valence-electron chi connectivity index (χ0n) is 12.2. The smallest absolute Gasteiger partial charge is 0.0712 e. The fourth-order valence-corrected chi connectivity index (χ4v) is 2.88. The number of rotatable bonds is 4. The summed E-state index contributed by atoms with van der Waals surface area (Å²) < 4.78 is 1.09. The minimum absolute atomic E-state index is 0.0179. The lowest BCUT2D eigenvalue weighted by Gasteiger charge is -2.20. The Bertz CT molecular complexity index is 576. The zero-order chi connectivity index (χ0) is 14.7. The molecule has 0 aliphatic carbocycles. The average Bonchev–Trinajstić information content (AvgIpc) is 2.42. The molecule has 0 bridgehead atoms. The van der Waals surface area contributed by atoms with Crippen LogP contribution in [0, 0.1) is 6.92 Å². The molecule has 2 nitrogen and oxygen atoms in total. The van der Waals surface area contributed by atoms with Gasteiger partial charge < -0.3 is 0 Å². The molecule has 0 fully saturated rings. The van der Waals surface area contributed by atoms with Crippen molar-refractivity contribution in [2.75, 3.05) is 0 Å². The molecule has 0 saturated carbocycles. The highest BCUT2D eigenvalue weighted by atomic mass is 79.9. The highest BCUT2D eigenvalue weighted by Gasteiger charge is 2.15. The van der Waals surface area contributed by atoms with Gasteiger partial charge in [-0.1, -0.05) is 60.1 Å². The summed E-state index contributed by atoms with van der Waals surface area (Å²) in [7, 11) is 0. The molecule has 0 amide bonds. The maximum Gasteiger partial charge on any atom is 0.0712 e. The molecular formula is C17H21BrN2. The van der Waals surface area contributed by atoms with Crippen LogP contribution in [0.1, 0.15) is 48.1 Å². The number of hydrogen-bond acceptors (Lipinski definition) is 2. The molecule has 0 aliphatic heterocycles. The molecule has 1 unspecified atom stereocenters. The van der Waals surface area contributed by atoms with E-state index in [1.807, 2.05) is 0 Å². The van der Waals surface area contributed by atoms with Crippen molar-refractivity contribution in [3.8, 4) is 0 Å². The van der Waals surface area contributed by atoms with Crippen molar-refractivity contribution >= 4 is 15.9 Å².